The number of carbonyl (C=O) groups excluding carboxylic acids is 2. The highest BCUT2D eigenvalue weighted by Crippen LogP contribution is 2.13. The van der Waals surface area contributed by atoms with E-state index < -0.39 is 11.7 Å². The van der Waals surface area contributed by atoms with Crippen LogP contribution in [0.1, 0.15) is 26.3 Å². The lowest BCUT2D eigenvalue weighted by Gasteiger charge is -2.19. The largest absolute Gasteiger partial charge is 0.444 e. The second kappa shape index (κ2) is 14.8. The summed E-state index contributed by atoms with van der Waals surface area (Å²) >= 11 is 0. The number of hydrogen-bond donors (Lipinski definition) is 4. The number of nitrogens with one attached hydrogen (secondary N) is 4. The van der Waals surface area contributed by atoms with Gasteiger partial charge in [0, 0.05) is 32.9 Å². The van der Waals surface area contributed by atoms with Gasteiger partial charge in [-0.05, 0) is 44.9 Å². The number of anilines is 1. The van der Waals surface area contributed by atoms with E-state index in [4.69, 9.17) is 9.47 Å². The van der Waals surface area contributed by atoms with E-state index in [-0.39, 0.29) is 36.4 Å². The van der Waals surface area contributed by atoms with Gasteiger partial charge in [-0.3, -0.25) is 15.1 Å². The molecule has 0 aromatic heterocycles. The molecule has 0 bridgehead atoms. The maximum Gasteiger partial charge on any atom is 0.412 e. The van der Waals surface area contributed by atoms with Crippen LogP contribution in [-0.2, 0) is 20.7 Å². The van der Waals surface area contributed by atoms with Crippen LogP contribution >= 0.6 is 24.0 Å². The number of methoxy groups -OCH3 is 1. The molecular weight excluding hydrogens is 501 g/mol. The number of carbonyl (C=O) groups is 2. The molecule has 1 aromatic rings. The Hall–Kier alpha value is -2.08. The molecule has 1 aromatic carbocycles. The maximum atomic E-state index is 11.8. The molecule has 10 heteroatoms. The van der Waals surface area contributed by atoms with Gasteiger partial charge < -0.3 is 25.4 Å². The van der Waals surface area contributed by atoms with E-state index in [1.54, 1.807) is 14.2 Å². The van der Waals surface area contributed by atoms with Gasteiger partial charge in [0.25, 0.3) is 0 Å². The number of ether oxygens (including phenoxy) is 2. The Balaban J connectivity index is 0.00000841. The van der Waals surface area contributed by atoms with Gasteiger partial charge in [-0.25, -0.2) is 4.79 Å². The summed E-state index contributed by atoms with van der Waals surface area (Å²) in [6.07, 6.45) is 0.279. The number of hydrogen-bond acceptors (Lipinski definition) is 5. The highest BCUT2D eigenvalue weighted by Gasteiger charge is 2.16. The average molecular weight is 535 g/mol. The second-order valence-corrected chi connectivity index (χ2v) is 7.27. The van der Waals surface area contributed by atoms with E-state index >= 15 is 0 Å². The zero-order valence-electron chi connectivity index (χ0n) is 18.3. The normalized spacial score (nSPS) is 11.2. The lowest BCUT2D eigenvalue weighted by atomic mass is 10.1. The SMILES string of the molecule is CN=C(NCCc1ccc(NC(=O)OC(C)(C)C)cc1)NCC(=O)NCCOC.I. The van der Waals surface area contributed by atoms with Crippen molar-refractivity contribution < 1.29 is 19.1 Å². The van der Waals surface area contributed by atoms with E-state index in [1.807, 2.05) is 45.0 Å². The monoisotopic (exact) mass is 535 g/mol. The van der Waals surface area contributed by atoms with Crippen molar-refractivity contribution in [1.82, 2.24) is 16.0 Å². The smallest absolute Gasteiger partial charge is 0.412 e. The Morgan fingerprint density at radius 2 is 1.70 bits per heavy atom. The summed E-state index contributed by atoms with van der Waals surface area (Å²) in [7, 11) is 3.23. The molecule has 4 N–H and O–H groups in total. The number of aliphatic imine (C=N–C) groups is 1. The lowest BCUT2D eigenvalue weighted by molar-refractivity contribution is -0.120. The topological polar surface area (TPSA) is 113 Å². The van der Waals surface area contributed by atoms with Crippen molar-refractivity contribution in [2.45, 2.75) is 32.8 Å². The number of rotatable bonds is 9. The van der Waals surface area contributed by atoms with Crippen molar-refractivity contribution in [2.24, 2.45) is 4.99 Å². The number of nitrogens with zero attached hydrogens (tertiary/aromatic N) is 1. The van der Waals surface area contributed by atoms with Crippen LogP contribution in [-0.4, -0.2) is 64.0 Å². The van der Waals surface area contributed by atoms with Gasteiger partial charge in [-0.15, -0.1) is 24.0 Å². The Bertz CT molecular complexity index is 675. The van der Waals surface area contributed by atoms with Crippen molar-refractivity contribution in [3.63, 3.8) is 0 Å². The molecule has 0 heterocycles. The van der Waals surface area contributed by atoms with Crippen LogP contribution in [0.4, 0.5) is 10.5 Å². The Morgan fingerprint density at radius 3 is 2.27 bits per heavy atom. The summed E-state index contributed by atoms with van der Waals surface area (Å²) in [5, 5.41) is 11.5. The summed E-state index contributed by atoms with van der Waals surface area (Å²) in [5.74, 6) is 0.424. The minimum atomic E-state index is -0.535. The van der Waals surface area contributed by atoms with Crippen LogP contribution in [0.25, 0.3) is 0 Å². The van der Waals surface area contributed by atoms with Crippen LogP contribution in [0, 0.1) is 0 Å². The van der Waals surface area contributed by atoms with Crippen LogP contribution in [0.5, 0.6) is 0 Å². The van der Waals surface area contributed by atoms with E-state index in [2.05, 4.69) is 26.3 Å². The highest BCUT2D eigenvalue weighted by molar-refractivity contribution is 14.0. The molecule has 0 atom stereocenters. The summed E-state index contributed by atoms with van der Waals surface area (Å²) in [4.78, 5) is 27.5. The van der Waals surface area contributed by atoms with Crippen molar-refractivity contribution in [2.75, 3.05) is 45.7 Å². The summed E-state index contributed by atoms with van der Waals surface area (Å²) in [6.45, 7) is 7.18. The summed E-state index contributed by atoms with van der Waals surface area (Å²) in [5.41, 5.74) is 1.24. The van der Waals surface area contributed by atoms with Crippen molar-refractivity contribution in [1.29, 1.82) is 0 Å². The fourth-order valence-electron chi connectivity index (χ4n) is 2.24. The molecule has 1 rings (SSSR count). The molecule has 170 valence electrons. The predicted octanol–water partition coefficient (Wildman–Crippen LogP) is 2.12. The summed E-state index contributed by atoms with van der Waals surface area (Å²) < 4.78 is 10.1. The first kappa shape index (κ1) is 27.9. The molecule has 0 aliphatic rings. The Labute approximate surface area is 195 Å². The molecule has 0 radical (unpaired) electrons. The molecule has 0 saturated carbocycles. The number of amides is 2. The van der Waals surface area contributed by atoms with E-state index in [0.29, 0.717) is 31.3 Å². The highest BCUT2D eigenvalue weighted by atomic mass is 127. The standard InChI is InChI=1S/C20H33N5O4.HI/c1-20(2,3)29-19(27)25-16-8-6-15(7-9-16)10-11-23-18(21-4)24-14-17(26)22-12-13-28-5;/h6-9H,10-14H2,1-5H3,(H,22,26)(H,25,27)(H2,21,23,24);1H. The Morgan fingerprint density at radius 1 is 1.03 bits per heavy atom. The van der Waals surface area contributed by atoms with Crippen LogP contribution in [0.3, 0.4) is 0 Å². The van der Waals surface area contributed by atoms with E-state index in [9.17, 15) is 9.59 Å². The van der Waals surface area contributed by atoms with Gasteiger partial charge in [-0.1, -0.05) is 12.1 Å². The molecule has 0 spiro atoms. The second-order valence-electron chi connectivity index (χ2n) is 7.27. The lowest BCUT2D eigenvalue weighted by Crippen LogP contribution is -2.44. The molecular formula is C20H34IN5O4. The van der Waals surface area contributed by atoms with Crippen LogP contribution in [0.2, 0.25) is 0 Å². The van der Waals surface area contributed by atoms with Gasteiger partial charge in [0.1, 0.15) is 5.60 Å². The van der Waals surface area contributed by atoms with Gasteiger partial charge in [0.15, 0.2) is 5.96 Å². The first-order valence-corrected chi connectivity index (χ1v) is 9.52. The van der Waals surface area contributed by atoms with Crippen molar-refractivity contribution >= 4 is 47.6 Å². The van der Waals surface area contributed by atoms with E-state index in [1.165, 1.54) is 0 Å². The van der Waals surface area contributed by atoms with Crippen molar-refractivity contribution in [3.8, 4) is 0 Å². The molecule has 0 saturated heterocycles. The minimum absolute atomic E-state index is 0. The molecule has 2 amide bonds. The number of guanidine groups is 1. The molecule has 0 unspecified atom stereocenters. The molecule has 0 aliphatic carbocycles. The van der Waals surface area contributed by atoms with Gasteiger partial charge >= 0.3 is 6.09 Å². The van der Waals surface area contributed by atoms with Crippen LogP contribution in [0.15, 0.2) is 29.3 Å². The first-order valence-electron chi connectivity index (χ1n) is 9.52. The number of benzene rings is 1. The quantitative estimate of drug-likeness (QED) is 0.167. The van der Waals surface area contributed by atoms with Gasteiger partial charge in [-0.2, -0.15) is 0 Å². The molecule has 0 fully saturated rings. The average Bonchev–Trinajstić information content (AvgIpc) is 2.64. The predicted molar refractivity (Wildman–Crippen MR) is 130 cm³/mol. The minimum Gasteiger partial charge on any atom is -0.444 e. The zero-order valence-corrected chi connectivity index (χ0v) is 20.7. The maximum absolute atomic E-state index is 11.8. The third-order valence-electron chi connectivity index (χ3n) is 3.57. The molecule has 9 nitrogen and oxygen atoms in total. The van der Waals surface area contributed by atoms with Crippen LogP contribution < -0.4 is 21.3 Å². The Kier molecular flexibility index (Phi) is 13.8. The summed E-state index contributed by atoms with van der Waals surface area (Å²) in [6, 6.07) is 7.54. The third kappa shape index (κ3) is 13.2. The number of halogens is 1. The molecule has 30 heavy (non-hydrogen) atoms. The molecule has 0 aliphatic heterocycles. The fraction of sp³-hybridized carbons (Fsp3) is 0.550. The third-order valence-corrected chi connectivity index (χ3v) is 3.57. The van der Waals surface area contributed by atoms with Gasteiger partial charge in [0.05, 0.1) is 13.2 Å². The van der Waals surface area contributed by atoms with Crippen molar-refractivity contribution in [3.05, 3.63) is 29.8 Å². The zero-order chi connectivity index (χ0) is 21.7. The fourth-order valence-corrected chi connectivity index (χ4v) is 2.24. The first-order chi connectivity index (χ1) is 13.7. The van der Waals surface area contributed by atoms with Gasteiger partial charge in [0.2, 0.25) is 5.91 Å². The van der Waals surface area contributed by atoms with E-state index in [0.717, 1.165) is 12.0 Å².